The Morgan fingerprint density at radius 3 is 2.72 bits per heavy atom. The molecule has 0 amide bonds. The fourth-order valence-electron chi connectivity index (χ4n) is 1.88. The first-order chi connectivity index (χ1) is 8.39. The van der Waals surface area contributed by atoms with E-state index >= 15 is 0 Å². The highest BCUT2D eigenvalue weighted by molar-refractivity contribution is 7.89. The summed E-state index contributed by atoms with van der Waals surface area (Å²) in [5.74, 6) is 0. The zero-order valence-corrected chi connectivity index (χ0v) is 10.3. The topological polar surface area (TPSA) is 124 Å². The van der Waals surface area contributed by atoms with Gasteiger partial charge in [0.1, 0.15) is 0 Å². The molecule has 1 aliphatic rings. The fourth-order valence-corrected chi connectivity index (χ4v) is 2.45. The lowest BCUT2D eigenvalue weighted by Crippen LogP contribution is -2.38. The van der Waals surface area contributed by atoms with Gasteiger partial charge in [-0.05, 0) is 12.8 Å². The van der Waals surface area contributed by atoms with Gasteiger partial charge in [-0.15, -0.1) is 0 Å². The fraction of sp³-hybridized carbons (Fsp3) is 0.556. The SMILES string of the molecule is NS(=O)(=O)c1cn(C2CCCOC2)c(=O)[nH]c1=O. The first kappa shape index (κ1) is 13.0. The van der Waals surface area contributed by atoms with Crippen molar-refractivity contribution in [1.82, 2.24) is 9.55 Å². The summed E-state index contributed by atoms with van der Waals surface area (Å²) in [6.45, 7) is 0.909. The Kier molecular flexibility index (Phi) is 3.37. The maximum atomic E-state index is 11.6. The van der Waals surface area contributed by atoms with Crippen molar-refractivity contribution in [2.24, 2.45) is 5.14 Å². The third-order valence-corrected chi connectivity index (χ3v) is 3.68. The van der Waals surface area contributed by atoms with Gasteiger partial charge in [-0.25, -0.2) is 18.4 Å². The smallest absolute Gasteiger partial charge is 0.328 e. The second-order valence-electron chi connectivity index (χ2n) is 4.08. The van der Waals surface area contributed by atoms with Crippen LogP contribution >= 0.6 is 0 Å². The highest BCUT2D eigenvalue weighted by Crippen LogP contribution is 2.17. The number of nitrogens with one attached hydrogen (secondary N) is 1. The number of sulfonamides is 1. The van der Waals surface area contributed by atoms with Gasteiger partial charge in [0.15, 0.2) is 4.90 Å². The Labute approximate surface area is 102 Å². The van der Waals surface area contributed by atoms with E-state index in [2.05, 4.69) is 0 Å². The number of nitrogens with zero attached hydrogens (tertiary/aromatic N) is 1. The quantitative estimate of drug-likeness (QED) is 0.682. The van der Waals surface area contributed by atoms with Gasteiger partial charge in [0.25, 0.3) is 5.56 Å². The lowest BCUT2D eigenvalue weighted by atomic mass is 10.1. The molecule has 2 rings (SSSR count). The third kappa shape index (κ3) is 2.52. The molecule has 1 aliphatic heterocycles. The van der Waals surface area contributed by atoms with Crippen LogP contribution in [0.25, 0.3) is 0 Å². The molecule has 1 aromatic rings. The predicted octanol–water partition coefficient (Wildman–Crippen LogP) is -1.46. The molecule has 18 heavy (non-hydrogen) atoms. The highest BCUT2D eigenvalue weighted by atomic mass is 32.2. The summed E-state index contributed by atoms with van der Waals surface area (Å²) in [4.78, 5) is 24.3. The highest BCUT2D eigenvalue weighted by Gasteiger charge is 2.21. The Bertz CT molecular complexity index is 654. The molecule has 1 fully saturated rings. The van der Waals surface area contributed by atoms with E-state index in [0.29, 0.717) is 19.6 Å². The number of rotatable bonds is 2. The van der Waals surface area contributed by atoms with Crippen molar-refractivity contribution in [3.63, 3.8) is 0 Å². The molecule has 0 spiro atoms. The molecule has 1 atom stereocenters. The summed E-state index contributed by atoms with van der Waals surface area (Å²) in [7, 11) is -4.16. The molecule has 8 nitrogen and oxygen atoms in total. The first-order valence-electron chi connectivity index (χ1n) is 5.35. The van der Waals surface area contributed by atoms with E-state index in [-0.39, 0.29) is 6.04 Å². The van der Waals surface area contributed by atoms with Crippen LogP contribution < -0.4 is 16.4 Å². The molecule has 0 bridgehead atoms. The van der Waals surface area contributed by atoms with Crippen molar-refractivity contribution >= 4 is 10.0 Å². The van der Waals surface area contributed by atoms with Crippen LogP contribution in [0.4, 0.5) is 0 Å². The number of hydrogen-bond acceptors (Lipinski definition) is 5. The van der Waals surface area contributed by atoms with Gasteiger partial charge in [0.2, 0.25) is 10.0 Å². The Morgan fingerprint density at radius 2 is 2.17 bits per heavy atom. The minimum atomic E-state index is -4.16. The van der Waals surface area contributed by atoms with Gasteiger partial charge in [-0.2, -0.15) is 0 Å². The number of aromatic nitrogens is 2. The predicted molar refractivity (Wildman–Crippen MR) is 61.8 cm³/mol. The van der Waals surface area contributed by atoms with Gasteiger partial charge < -0.3 is 4.74 Å². The van der Waals surface area contributed by atoms with Gasteiger partial charge in [0.05, 0.1) is 12.6 Å². The number of H-pyrrole nitrogens is 1. The van der Waals surface area contributed by atoms with Crippen LogP contribution in [-0.2, 0) is 14.8 Å². The standard InChI is InChI=1S/C9H13N3O5S/c10-18(15,16)7-4-12(9(14)11-8(7)13)6-2-1-3-17-5-6/h4,6H,1-3,5H2,(H2,10,15,16)(H,11,13,14). The molecule has 1 unspecified atom stereocenters. The Balaban J connectivity index is 2.54. The van der Waals surface area contributed by atoms with Crippen LogP contribution in [0.1, 0.15) is 18.9 Å². The molecule has 3 N–H and O–H groups in total. The molecule has 9 heteroatoms. The van der Waals surface area contributed by atoms with E-state index in [4.69, 9.17) is 9.88 Å². The molecular formula is C9H13N3O5S. The van der Waals surface area contributed by atoms with Crippen molar-refractivity contribution in [3.8, 4) is 0 Å². The lowest BCUT2D eigenvalue weighted by molar-refractivity contribution is 0.0571. The van der Waals surface area contributed by atoms with E-state index in [9.17, 15) is 18.0 Å². The summed E-state index contributed by atoms with van der Waals surface area (Å²) in [6, 6.07) is -0.288. The number of hydrogen-bond donors (Lipinski definition) is 2. The van der Waals surface area contributed by atoms with Gasteiger partial charge in [-0.3, -0.25) is 14.3 Å². The largest absolute Gasteiger partial charge is 0.379 e. The maximum absolute atomic E-state index is 11.6. The van der Waals surface area contributed by atoms with E-state index < -0.39 is 26.2 Å². The van der Waals surface area contributed by atoms with E-state index in [0.717, 1.165) is 17.2 Å². The summed E-state index contributed by atoms with van der Waals surface area (Å²) in [6.07, 6.45) is 2.42. The molecule has 0 radical (unpaired) electrons. The van der Waals surface area contributed by atoms with Crippen LogP contribution in [0.15, 0.2) is 20.7 Å². The number of primary sulfonamides is 1. The van der Waals surface area contributed by atoms with Crippen LogP contribution in [0.2, 0.25) is 0 Å². The minimum absolute atomic E-state index is 0.288. The van der Waals surface area contributed by atoms with Crippen molar-refractivity contribution < 1.29 is 13.2 Å². The Hall–Kier alpha value is -1.45. The molecule has 0 aromatic carbocycles. The average Bonchev–Trinajstić information content (AvgIpc) is 2.28. The monoisotopic (exact) mass is 275 g/mol. The van der Waals surface area contributed by atoms with Gasteiger partial charge in [0, 0.05) is 12.8 Å². The van der Waals surface area contributed by atoms with Crippen LogP contribution in [0, 0.1) is 0 Å². The zero-order valence-electron chi connectivity index (χ0n) is 9.46. The number of aromatic amines is 1. The Morgan fingerprint density at radius 1 is 1.44 bits per heavy atom. The normalized spacial score (nSPS) is 20.8. The van der Waals surface area contributed by atoms with E-state index in [1.165, 1.54) is 0 Å². The second-order valence-corrected chi connectivity index (χ2v) is 5.61. The number of ether oxygens (including phenoxy) is 1. The van der Waals surface area contributed by atoms with Crippen LogP contribution in [0.5, 0.6) is 0 Å². The minimum Gasteiger partial charge on any atom is -0.379 e. The van der Waals surface area contributed by atoms with E-state index in [1.54, 1.807) is 0 Å². The second kappa shape index (κ2) is 4.67. The number of nitrogens with two attached hydrogens (primary N) is 1. The molecule has 2 heterocycles. The zero-order chi connectivity index (χ0) is 13.3. The summed E-state index contributed by atoms with van der Waals surface area (Å²) in [5, 5.41) is 4.91. The molecule has 1 saturated heterocycles. The lowest BCUT2D eigenvalue weighted by Gasteiger charge is -2.23. The summed E-state index contributed by atoms with van der Waals surface area (Å²) in [5.41, 5.74) is -1.67. The average molecular weight is 275 g/mol. The van der Waals surface area contributed by atoms with Crippen molar-refractivity contribution in [2.45, 2.75) is 23.8 Å². The van der Waals surface area contributed by atoms with Crippen molar-refractivity contribution in [2.75, 3.05) is 13.2 Å². The molecule has 0 aliphatic carbocycles. The van der Waals surface area contributed by atoms with Crippen LogP contribution in [-0.4, -0.2) is 31.2 Å². The van der Waals surface area contributed by atoms with Crippen molar-refractivity contribution in [1.29, 1.82) is 0 Å². The van der Waals surface area contributed by atoms with Crippen molar-refractivity contribution in [3.05, 3.63) is 27.0 Å². The third-order valence-electron chi connectivity index (χ3n) is 2.77. The molecule has 1 aromatic heterocycles. The molecule has 0 saturated carbocycles. The van der Waals surface area contributed by atoms with E-state index in [1.807, 2.05) is 4.98 Å². The molecular weight excluding hydrogens is 262 g/mol. The summed E-state index contributed by atoms with van der Waals surface area (Å²) < 4.78 is 28.8. The summed E-state index contributed by atoms with van der Waals surface area (Å²) >= 11 is 0. The van der Waals surface area contributed by atoms with Crippen LogP contribution in [0.3, 0.4) is 0 Å². The molecule has 100 valence electrons. The van der Waals surface area contributed by atoms with Gasteiger partial charge in [-0.1, -0.05) is 0 Å². The first-order valence-corrected chi connectivity index (χ1v) is 6.90. The maximum Gasteiger partial charge on any atom is 0.328 e. The van der Waals surface area contributed by atoms with Gasteiger partial charge >= 0.3 is 5.69 Å².